The molecule has 0 fully saturated rings. The highest BCUT2D eigenvalue weighted by atomic mass is 16.5. The first-order chi connectivity index (χ1) is 13.1. The van der Waals surface area contributed by atoms with Crippen molar-refractivity contribution in [1.82, 2.24) is 4.98 Å². The number of aryl methyl sites for hydroxylation is 3. The molecule has 1 aromatic carbocycles. The minimum Gasteiger partial charge on any atom is -0.462 e. The topological polar surface area (TPSA) is 97.5 Å². The third-order valence-electron chi connectivity index (χ3n) is 4.41. The number of nitrogens with one attached hydrogen (secondary N) is 2. The van der Waals surface area contributed by atoms with Crippen LogP contribution in [0, 0.1) is 27.7 Å². The van der Waals surface area contributed by atoms with E-state index in [0.717, 1.165) is 11.1 Å². The molecule has 7 heteroatoms. The van der Waals surface area contributed by atoms with Gasteiger partial charge in [-0.15, -0.1) is 0 Å². The fraction of sp³-hybridized carbons (Fsp3) is 0.381. The van der Waals surface area contributed by atoms with Crippen molar-refractivity contribution in [2.75, 3.05) is 11.9 Å². The monoisotopic (exact) mass is 386 g/mol. The van der Waals surface area contributed by atoms with Crippen molar-refractivity contribution in [2.24, 2.45) is 0 Å². The lowest BCUT2D eigenvalue weighted by atomic mass is 10.1. The quantitative estimate of drug-likeness (QED) is 0.739. The molecule has 0 radical (unpaired) electrons. The van der Waals surface area contributed by atoms with E-state index in [9.17, 15) is 14.4 Å². The van der Waals surface area contributed by atoms with Crippen LogP contribution in [0.4, 0.5) is 5.69 Å². The van der Waals surface area contributed by atoms with Crippen molar-refractivity contribution < 1.29 is 23.9 Å². The van der Waals surface area contributed by atoms with Crippen LogP contribution in [0.2, 0.25) is 0 Å². The lowest BCUT2D eigenvalue weighted by molar-refractivity contribution is -0.123. The summed E-state index contributed by atoms with van der Waals surface area (Å²) in [6.45, 7) is 10.6. The molecule has 0 spiro atoms. The Labute approximate surface area is 164 Å². The summed E-state index contributed by atoms with van der Waals surface area (Å²) in [6, 6.07) is 5.65. The maximum absolute atomic E-state index is 12.5. The number of aromatic amines is 1. The first-order valence-electron chi connectivity index (χ1n) is 9.11. The van der Waals surface area contributed by atoms with Gasteiger partial charge in [-0.1, -0.05) is 17.7 Å². The minimum absolute atomic E-state index is 0.131. The van der Waals surface area contributed by atoms with Gasteiger partial charge in [0.25, 0.3) is 5.91 Å². The molecular weight excluding hydrogens is 360 g/mol. The molecule has 1 unspecified atom stereocenters. The van der Waals surface area contributed by atoms with Crippen LogP contribution in [0.5, 0.6) is 0 Å². The summed E-state index contributed by atoms with van der Waals surface area (Å²) in [5, 5.41) is 2.76. The number of rotatable bonds is 6. The third kappa shape index (κ3) is 4.60. The normalized spacial score (nSPS) is 11.6. The van der Waals surface area contributed by atoms with Crippen LogP contribution in [0.25, 0.3) is 0 Å². The van der Waals surface area contributed by atoms with Gasteiger partial charge < -0.3 is 19.8 Å². The fourth-order valence-electron chi connectivity index (χ4n) is 2.92. The van der Waals surface area contributed by atoms with Gasteiger partial charge in [-0.3, -0.25) is 4.79 Å². The van der Waals surface area contributed by atoms with E-state index in [-0.39, 0.29) is 12.3 Å². The molecule has 2 aromatic rings. The van der Waals surface area contributed by atoms with Gasteiger partial charge in [0.2, 0.25) is 0 Å². The van der Waals surface area contributed by atoms with Crippen molar-refractivity contribution in [2.45, 2.75) is 47.6 Å². The number of hydrogen-bond acceptors (Lipinski definition) is 5. The van der Waals surface area contributed by atoms with Crippen molar-refractivity contribution >= 4 is 23.5 Å². The highest BCUT2D eigenvalue weighted by molar-refractivity contribution is 6.00. The third-order valence-corrected chi connectivity index (χ3v) is 4.41. The number of amides is 1. The zero-order valence-corrected chi connectivity index (χ0v) is 17.1. The Morgan fingerprint density at radius 1 is 1.11 bits per heavy atom. The standard InChI is InChI=1S/C21H26N2O5/c1-7-27-20(25)17-13(4)18(22-14(17)5)21(26)28-15(6)19(24)23-16-9-8-11(2)10-12(16)3/h8-10,15,22H,7H2,1-6H3,(H,23,24). The number of ether oxygens (including phenoxy) is 2. The van der Waals surface area contributed by atoms with Crippen LogP contribution < -0.4 is 5.32 Å². The second-order valence-corrected chi connectivity index (χ2v) is 6.70. The lowest BCUT2D eigenvalue weighted by Crippen LogP contribution is -2.30. The minimum atomic E-state index is -1.01. The molecule has 2 rings (SSSR count). The van der Waals surface area contributed by atoms with Crippen molar-refractivity contribution in [3.8, 4) is 0 Å². The Kier molecular flexibility index (Phi) is 6.62. The number of carbonyl (C=O) groups is 3. The maximum atomic E-state index is 12.5. The smallest absolute Gasteiger partial charge is 0.355 e. The zero-order valence-electron chi connectivity index (χ0n) is 17.1. The van der Waals surface area contributed by atoms with Gasteiger partial charge in [-0.05, 0) is 58.7 Å². The molecule has 0 saturated heterocycles. The second-order valence-electron chi connectivity index (χ2n) is 6.70. The Bertz CT molecular complexity index is 914. The van der Waals surface area contributed by atoms with Gasteiger partial charge in [-0.2, -0.15) is 0 Å². The van der Waals surface area contributed by atoms with Crippen LogP contribution in [0.3, 0.4) is 0 Å². The van der Waals surface area contributed by atoms with Gasteiger partial charge in [0.15, 0.2) is 6.10 Å². The average molecular weight is 386 g/mol. The second kappa shape index (κ2) is 8.73. The van der Waals surface area contributed by atoms with Crippen molar-refractivity contribution in [3.05, 3.63) is 51.8 Å². The predicted octanol–water partition coefficient (Wildman–Crippen LogP) is 3.61. The van der Waals surface area contributed by atoms with Crippen molar-refractivity contribution in [3.63, 3.8) is 0 Å². The van der Waals surface area contributed by atoms with Gasteiger partial charge in [0.05, 0.1) is 12.2 Å². The summed E-state index contributed by atoms with van der Waals surface area (Å²) in [5.74, 6) is -1.65. The first kappa shape index (κ1) is 21.2. The predicted molar refractivity (Wildman–Crippen MR) is 106 cm³/mol. The van der Waals surface area contributed by atoms with Crippen LogP contribution in [0.1, 0.15) is 57.1 Å². The maximum Gasteiger partial charge on any atom is 0.355 e. The van der Waals surface area contributed by atoms with E-state index in [0.29, 0.717) is 22.5 Å². The van der Waals surface area contributed by atoms with Crippen molar-refractivity contribution in [1.29, 1.82) is 0 Å². The molecule has 1 amide bonds. The SMILES string of the molecule is CCOC(=O)c1c(C)[nH]c(C(=O)OC(C)C(=O)Nc2ccc(C)cc2C)c1C. The summed E-state index contributed by atoms with van der Waals surface area (Å²) in [6.07, 6.45) is -1.01. The number of anilines is 1. The Hall–Kier alpha value is -3.09. The van der Waals surface area contributed by atoms with E-state index in [1.54, 1.807) is 26.8 Å². The molecule has 0 aliphatic heterocycles. The Morgan fingerprint density at radius 3 is 2.39 bits per heavy atom. The molecule has 150 valence electrons. The Morgan fingerprint density at radius 2 is 1.79 bits per heavy atom. The molecule has 28 heavy (non-hydrogen) atoms. The van der Waals surface area contributed by atoms with Gasteiger partial charge in [0, 0.05) is 11.4 Å². The molecule has 0 saturated carbocycles. The molecule has 0 aliphatic carbocycles. The lowest BCUT2D eigenvalue weighted by Gasteiger charge is -2.15. The van der Waals surface area contributed by atoms with Gasteiger partial charge in [0.1, 0.15) is 5.69 Å². The first-order valence-corrected chi connectivity index (χ1v) is 9.11. The average Bonchev–Trinajstić information content (AvgIpc) is 2.92. The van der Waals surface area contributed by atoms with E-state index in [2.05, 4.69) is 10.3 Å². The van der Waals surface area contributed by atoms with Crippen LogP contribution in [0.15, 0.2) is 18.2 Å². The molecule has 2 N–H and O–H groups in total. The number of aromatic nitrogens is 1. The van der Waals surface area contributed by atoms with Gasteiger partial charge in [-0.25, -0.2) is 9.59 Å². The van der Waals surface area contributed by atoms with Crippen LogP contribution in [-0.2, 0) is 14.3 Å². The van der Waals surface area contributed by atoms with E-state index >= 15 is 0 Å². The molecular formula is C21H26N2O5. The molecule has 1 heterocycles. The van der Waals surface area contributed by atoms with Crippen LogP contribution >= 0.6 is 0 Å². The van der Waals surface area contributed by atoms with Crippen LogP contribution in [-0.4, -0.2) is 35.5 Å². The molecule has 0 bridgehead atoms. The number of H-pyrrole nitrogens is 1. The van der Waals surface area contributed by atoms with E-state index < -0.39 is 23.9 Å². The van der Waals surface area contributed by atoms with Gasteiger partial charge >= 0.3 is 11.9 Å². The largest absolute Gasteiger partial charge is 0.462 e. The zero-order chi connectivity index (χ0) is 21.0. The molecule has 7 nitrogen and oxygen atoms in total. The molecule has 0 aliphatic rings. The summed E-state index contributed by atoms with van der Waals surface area (Å²) in [7, 11) is 0. The number of esters is 2. The molecule has 1 atom stereocenters. The van der Waals surface area contributed by atoms with E-state index in [4.69, 9.17) is 9.47 Å². The number of carbonyl (C=O) groups excluding carboxylic acids is 3. The fourth-order valence-corrected chi connectivity index (χ4v) is 2.92. The highest BCUT2D eigenvalue weighted by Gasteiger charge is 2.26. The Balaban J connectivity index is 2.10. The summed E-state index contributed by atoms with van der Waals surface area (Å²) in [5.41, 5.74) is 4.05. The summed E-state index contributed by atoms with van der Waals surface area (Å²) >= 11 is 0. The van der Waals surface area contributed by atoms with E-state index in [1.807, 2.05) is 26.0 Å². The number of hydrogen-bond donors (Lipinski definition) is 2. The molecule has 1 aromatic heterocycles. The highest BCUT2D eigenvalue weighted by Crippen LogP contribution is 2.21. The van der Waals surface area contributed by atoms with E-state index in [1.165, 1.54) is 6.92 Å². The summed E-state index contributed by atoms with van der Waals surface area (Å²) < 4.78 is 10.3. The number of benzene rings is 1. The summed E-state index contributed by atoms with van der Waals surface area (Å²) in [4.78, 5) is 39.8.